The molecule has 0 aliphatic rings. The summed E-state index contributed by atoms with van der Waals surface area (Å²) < 4.78 is 5.48. The van der Waals surface area contributed by atoms with E-state index in [4.69, 9.17) is 27.9 Å². The van der Waals surface area contributed by atoms with Gasteiger partial charge in [-0.2, -0.15) is 5.26 Å². The van der Waals surface area contributed by atoms with Gasteiger partial charge < -0.3 is 4.74 Å². The molecular formula is C20H13Cl2NO. The molecule has 3 aromatic carbocycles. The van der Waals surface area contributed by atoms with Crippen molar-refractivity contribution in [3.8, 4) is 11.8 Å². The molecule has 0 bridgehead atoms. The average Bonchev–Trinajstić information content (AvgIpc) is 2.60. The van der Waals surface area contributed by atoms with Crippen LogP contribution in [0.2, 0.25) is 10.0 Å². The summed E-state index contributed by atoms with van der Waals surface area (Å²) in [7, 11) is 1.61. The molecule has 0 amide bonds. The second-order valence-corrected chi connectivity index (χ2v) is 6.04. The lowest BCUT2D eigenvalue weighted by molar-refractivity contribution is 0.414. The molecule has 0 aliphatic heterocycles. The molecule has 0 aliphatic carbocycles. The number of halogens is 2. The van der Waals surface area contributed by atoms with E-state index in [1.165, 1.54) is 0 Å². The number of hydrogen-bond donors (Lipinski definition) is 0. The van der Waals surface area contributed by atoms with Crippen LogP contribution in [-0.2, 0) is 0 Å². The van der Waals surface area contributed by atoms with E-state index in [1.807, 2.05) is 36.4 Å². The number of fused-ring (bicyclic) bond motifs is 1. The quantitative estimate of drug-likeness (QED) is 0.413. The van der Waals surface area contributed by atoms with Gasteiger partial charge >= 0.3 is 0 Å². The first-order valence-electron chi connectivity index (χ1n) is 7.27. The van der Waals surface area contributed by atoms with E-state index in [2.05, 4.69) is 6.07 Å². The molecule has 3 rings (SSSR count). The van der Waals surface area contributed by atoms with Crippen LogP contribution in [0.1, 0.15) is 11.1 Å². The molecule has 0 saturated heterocycles. The molecule has 0 fully saturated rings. The smallest absolute Gasteiger partial charge is 0.126 e. The monoisotopic (exact) mass is 353 g/mol. The van der Waals surface area contributed by atoms with E-state index in [0.717, 1.165) is 16.3 Å². The highest BCUT2D eigenvalue weighted by Crippen LogP contribution is 2.33. The Morgan fingerprint density at radius 3 is 2.58 bits per heavy atom. The van der Waals surface area contributed by atoms with Gasteiger partial charge in [0.1, 0.15) is 5.75 Å². The van der Waals surface area contributed by atoms with Crippen molar-refractivity contribution < 1.29 is 4.74 Å². The van der Waals surface area contributed by atoms with Crippen LogP contribution in [0.4, 0.5) is 0 Å². The zero-order valence-electron chi connectivity index (χ0n) is 12.9. The van der Waals surface area contributed by atoms with Gasteiger partial charge in [0.2, 0.25) is 0 Å². The first kappa shape index (κ1) is 16.4. The third-order valence-electron chi connectivity index (χ3n) is 3.78. The van der Waals surface area contributed by atoms with Crippen LogP contribution >= 0.6 is 23.2 Å². The maximum absolute atomic E-state index is 9.62. The molecule has 4 heteroatoms. The van der Waals surface area contributed by atoms with Gasteiger partial charge in [-0.25, -0.2) is 0 Å². The summed E-state index contributed by atoms with van der Waals surface area (Å²) in [6.07, 6.45) is 1.80. The Balaban J connectivity index is 2.25. The minimum Gasteiger partial charge on any atom is -0.496 e. The number of methoxy groups -OCH3 is 1. The number of nitriles is 1. The molecule has 0 spiro atoms. The fraction of sp³-hybridized carbons (Fsp3) is 0.0500. The van der Waals surface area contributed by atoms with E-state index in [9.17, 15) is 5.26 Å². The topological polar surface area (TPSA) is 33.0 Å². The average molecular weight is 354 g/mol. The summed E-state index contributed by atoms with van der Waals surface area (Å²) in [6.45, 7) is 0. The van der Waals surface area contributed by atoms with Gasteiger partial charge in [0, 0.05) is 16.1 Å². The SMILES string of the molecule is COc1ccc2ccccc2c1/C=C(\C#N)c1ccc(Cl)cc1Cl. The van der Waals surface area contributed by atoms with Crippen LogP contribution in [0.15, 0.2) is 54.6 Å². The Bertz CT molecular complexity index is 987. The van der Waals surface area contributed by atoms with Crippen LogP contribution in [0, 0.1) is 11.3 Å². The van der Waals surface area contributed by atoms with Gasteiger partial charge in [-0.3, -0.25) is 0 Å². The zero-order chi connectivity index (χ0) is 17.1. The van der Waals surface area contributed by atoms with Crippen molar-refractivity contribution in [2.24, 2.45) is 0 Å². The molecule has 118 valence electrons. The molecule has 3 aromatic rings. The summed E-state index contributed by atoms with van der Waals surface area (Å²) in [5, 5.41) is 12.7. The van der Waals surface area contributed by atoms with Crippen LogP contribution < -0.4 is 4.74 Å². The molecule has 0 aromatic heterocycles. The van der Waals surface area contributed by atoms with E-state index < -0.39 is 0 Å². The molecule has 24 heavy (non-hydrogen) atoms. The maximum Gasteiger partial charge on any atom is 0.126 e. The second-order valence-electron chi connectivity index (χ2n) is 5.20. The molecule has 0 heterocycles. The molecular weight excluding hydrogens is 341 g/mol. The van der Waals surface area contributed by atoms with Gasteiger partial charge in [-0.05, 0) is 35.0 Å². The molecule has 0 atom stereocenters. The molecule has 2 nitrogen and oxygen atoms in total. The highest BCUT2D eigenvalue weighted by atomic mass is 35.5. The summed E-state index contributed by atoms with van der Waals surface area (Å²) in [6, 6.07) is 19.2. The first-order chi connectivity index (χ1) is 11.6. The van der Waals surface area contributed by atoms with E-state index >= 15 is 0 Å². The number of hydrogen-bond acceptors (Lipinski definition) is 2. The minimum atomic E-state index is 0.439. The van der Waals surface area contributed by atoms with Crippen LogP contribution in [0.3, 0.4) is 0 Å². The first-order valence-corrected chi connectivity index (χ1v) is 8.02. The van der Waals surface area contributed by atoms with Crippen LogP contribution in [-0.4, -0.2) is 7.11 Å². The van der Waals surface area contributed by atoms with Gasteiger partial charge in [0.25, 0.3) is 0 Å². The van der Waals surface area contributed by atoms with E-state index in [1.54, 1.807) is 31.4 Å². The fourth-order valence-electron chi connectivity index (χ4n) is 2.62. The highest BCUT2D eigenvalue weighted by molar-refractivity contribution is 6.36. The van der Waals surface area contributed by atoms with Gasteiger partial charge in [-0.15, -0.1) is 0 Å². The van der Waals surface area contributed by atoms with Crippen LogP contribution in [0.5, 0.6) is 5.75 Å². The second kappa shape index (κ2) is 6.97. The van der Waals surface area contributed by atoms with Gasteiger partial charge in [0.15, 0.2) is 0 Å². The van der Waals surface area contributed by atoms with Crippen molar-refractivity contribution >= 4 is 45.6 Å². The predicted octanol–water partition coefficient (Wildman–Crippen LogP) is 6.22. The lowest BCUT2D eigenvalue weighted by Crippen LogP contribution is -1.90. The van der Waals surface area contributed by atoms with Crippen molar-refractivity contribution in [2.75, 3.05) is 7.11 Å². The number of nitrogens with zero attached hydrogens (tertiary/aromatic N) is 1. The van der Waals surface area contributed by atoms with E-state index in [0.29, 0.717) is 26.9 Å². The van der Waals surface area contributed by atoms with Crippen molar-refractivity contribution in [1.82, 2.24) is 0 Å². The highest BCUT2D eigenvalue weighted by Gasteiger charge is 2.11. The molecule has 0 radical (unpaired) electrons. The van der Waals surface area contributed by atoms with Crippen molar-refractivity contribution in [3.63, 3.8) is 0 Å². The normalized spacial score (nSPS) is 11.3. The van der Waals surface area contributed by atoms with Gasteiger partial charge in [0.05, 0.1) is 23.8 Å². The van der Waals surface area contributed by atoms with Crippen molar-refractivity contribution in [2.45, 2.75) is 0 Å². The Hall–Kier alpha value is -2.47. The molecule has 0 unspecified atom stereocenters. The summed E-state index contributed by atoms with van der Waals surface area (Å²) in [4.78, 5) is 0. The number of benzene rings is 3. The Kier molecular flexibility index (Phi) is 4.76. The largest absolute Gasteiger partial charge is 0.496 e. The summed E-state index contributed by atoms with van der Waals surface area (Å²) >= 11 is 12.2. The molecule has 0 saturated carbocycles. The summed E-state index contributed by atoms with van der Waals surface area (Å²) in [5.74, 6) is 0.700. The Morgan fingerprint density at radius 1 is 1.08 bits per heavy atom. The Labute approximate surface area is 150 Å². The Morgan fingerprint density at radius 2 is 1.88 bits per heavy atom. The lowest BCUT2D eigenvalue weighted by atomic mass is 9.98. The summed E-state index contributed by atoms with van der Waals surface area (Å²) in [5.41, 5.74) is 1.93. The van der Waals surface area contributed by atoms with Crippen molar-refractivity contribution in [3.05, 3.63) is 75.8 Å². The predicted molar refractivity (Wildman–Crippen MR) is 100 cm³/mol. The molecule has 0 N–H and O–H groups in total. The minimum absolute atomic E-state index is 0.439. The zero-order valence-corrected chi connectivity index (χ0v) is 14.4. The van der Waals surface area contributed by atoms with E-state index in [-0.39, 0.29) is 0 Å². The van der Waals surface area contributed by atoms with Crippen molar-refractivity contribution in [1.29, 1.82) is 5.26 Å². The van der Waals surface area contributed by atoms with Crippen LogP contribution in [0.25, 0.3) is 22.4 Å². The third-order valence-corrected chi connectivity index (χ3v) is 4.33. The third kappa shape index (κ3) is 3.10. The number of ether oxygens (including phenoxy) is 1. The lowest BCUT2D eigenvalue weighted by Gasteiger charge is -2.10. The standard InChI is InChI=1S/C20H13Cl2NO/c1-24-20-9-6-13-4-2-3-5-16(13)18(20)10-14(12-23)17-8-7-15(21)11-19(17)22/h2-11H,1H3/b14-10+. The van der Waals surface area contributed by atoms with Gasteiger partial charge in [-0.1, -0.05) is 59.6 Å². The number of rotatable bonds is 3. The fourth-order valence-corrected chi connectivity index (χ4v) is 3.14. The maximum atomic E-state index is 9.62. The number of allylic oxidation sites excluding steroid dienone is 1.